The van der Waals surface area contributed by atoms with Gasteiger partial charge in [-0.1, -0.05) is 36.4 Å². The lowest BCUT2D eigenvalue weighted by Crippen LogP contribution is -2.36. The Kier molecular flexibility index (Phi) is 5.46. The first-order valence-corrected chi connectivity index (χ1v) is 8.34. The van der Waals surface area contributed by atoms with Crippen molar-refractivity contribution in [1.82, 2.24) is 15.1 Å². The first kappa shape index (κ1) is 16.8. The minimum atomic E-state index is 0.0156. The number of hydrogen-bond acceptors (Lipinski definition) is 3. The molecule has 5 heteroatoms. The number of nitrogens with zero attached hydrogens (tertiary/aromatic N) is 3. The Balaban J connectivity index is 1.45. The van der Waals surface area contributed by atoms with Crippen LogP contribution in [0.25, 0.3) is 5.69 Å². The molecule has 1 amide bonds. The zero-order valence-corrected chi connectivity index (χ0v) is 14.3. The van der Waals surface area contributed by atoms with Crippen LogP contribution in [0.1, 0.15) is 5.56 Å². The summed E-state index contributed by atoms with van der Waals surface area (Å²) in [6.07, 6.45) is 4.60. The lowest BCUT2D eigenvalue weighted by Gasteiger charge is -2.18. The molecule has 25 heavy (non-hydrogen) atoms. The van der Waals surface area contributed by atoms with Gasteiger partial charge in [0.2, 0.25) is 5.91 Å². The smallest absolute Gasteiger partial charge is 0.239 e. The van der Waals surface area contributed by atoms with E-state index in [9.17, 15) is 4.79 Å². The molecule has 0 fully saturated rings. The average molecular weight is 334 g/mol. The molecule has 0 unspecified atom stereocenters. The van der Waals surface area contributed by atoms with Crippen molar-refractivity contribution in [2.45, 2.75) is 6.42 Å². The molecular weight excluding hydrogens is 312 g/mol. The van der Waals surface area contributed by atoms with E-state index in [0.29, 0.717) is 13.1 Å². The van der Waals surface area contributed by atoms with Gasteiger partial charge in [-0.2, -0.15) is 5.10 Å². The average Bonchev–Trinajstić information content (AvgIpc) is 3.12. The minimum Gasteiger partial charge on any atom is -0.365 e. The topological polar surface area (TPSA) is 50.2 Å². The first-order chi connectivity index (χ1) is 12.2. The normalized spacial score (nSPS) is 10.4. The Bertz CT molecular complexity index is 799. The predicted molar refractivity (Wildman–Crippen MR) is 100.0 cm³/mol. The summed E-state index contributed by atoms with van der Waals surface area (Å²) in [7, 11) is 1.92. The number of carbonyl (C=O) groups is 1. The van der Waals surface area contributed by atoms with Crippen molar-refractivity contribution >= 4 is 11.6 Å². The molecule has 1 N–H and O–H groups in total. The first-order valence-electron chi connectivity index (χ1n) is 8.34. The fourth-order valence-electron chi connectivity index (χ4n) is 2.60. The molecule has 1 aromatic heterocycles. The molecule has 3 rings (SSSR count). The van der Waals surface area contributed by atoms with Crippen molar-refractivity contribution in [1.29, 1.82) is 0 Å². The van der Waals surface area contributed by atoms with Crippen LogP contribution in [0.5, 0.6) is 0 Å². The van der Waals surface area contributed by atoms with Crippen LogP contribution in [0, 0.1) is 0 Å². The summed E-state index contributed by atoms with van der Waals surface area (Å²) in [4.78, 5) is 14.0. The van der Waals surface area contributed by atoms with Gasteiger partial charge in [0.05, 0.1) is 18.4 Å². The Labute approximate surface area is 147 Å². The molecule has 0 atom stereocenters. The van der Waals surface area contributed by atoms with Gasteiger partial charge in [0.15, 0.2) is 0 Å². The molecule has 1 heterocycles. The number of amides is 1. The maximum atomic E-state index is 12.1. The summed E-state index contributed by atoms with van der Waals surface area (Å²) < 4.78 is 1.85. The highest BCUT2D eigenvalue weighted by Gasteiger charge is 2.07. The lowest BCUT2D eigenvalue weighted by atomic mass is 10.2. The second-order valence-electron chi connectivity index (χ2n) is 5.92. The molecule has 0 aliphatic heterocycles. The fraction of sp³-hybridized carbons (Fsp3) is 0.200. The Morgan fingerprint density at radius 2 is 1.76 bits per heavy atom. The number of aromatic nitrogens is 2. The van der Waals surface area contributed by atoms with Crippen molar-refractivity contribution in [3.8, 4) is 5.69 Å². The number of rotatable bonds is 7. The van der Waals surface area contributed by atoms with Gasteiger partial charge in [0.1, 0.15) is 0 Å². The molecule has 128 valence electrons. The van der Waals surface area contributed by atoms with Gasteiger partial charge >= 0.3 is 0 Å². The number of para-hydroxylation sites is 2. The van der Waals surface area contributed by atoms with Gasteiger partial charge in [0.25, 0.3) is 0 Å². The number of carbonyl (C=O) groups excluding carboxylic acids is 1. The minimum absolute atomic E-state index is 0.0156. The van der Waals surface area contributed by atoms with Crippen LogP contribution in [0.3, 0.4) is 0 Å². The molecule has 0 aliphatic rings. The van der Waals surface area contributed by atoms with Crippen molar-refractivity contribution < 1.29 is 4.79 Å². The van der Waals surface area contributed by atoms with Crippen LogP contribution < -0.4 is 10.2 Å². The van der Waals surface area contributed by atoms with E-state index in [0.717, 1.165) is 23.4 Å². The van der Waals surface area contributed by atoms with E-state index >= 15 is 0 Å². The van der Waals surface area contributed by atoms with Crippen LogP contribution in [0.2, 0.25) is 0 Å². The molecule has 0 saturated heterocycles. The summed E-state index contributed by atoms with van der Waals surface area (Å²) in [5.74, 6) is 0.0156. The molecule has 0 spiro atoms. The van der Waals surface area contributed by atoms with Crippen LogP contribution in [0.15, 0.2) is 73.1 Å². The Morgan fingerprint density at radius 1 is 1.08 bits per heavy atom. The van der Waals surface area contributed by atoms with E-state index in [2.05, 4.69) is 10.4 Å². The zero-order chi connectivity index (χ0) is 17.5. The number of anilines is 1. The van der Waals surface area contributed by atoms with Gasteiger partial charge in [-0.15, -0.1) is 0 Å². The standard InChI is InChI=1S/C20H22N4O/c1-23(18-8-4-2-5-9-18)16-20(25)21-13-12-17-14-22-24(15-17)19-10-6-3-7-11-19/h2-11,14-15H,12-13,16H2,1H3,(H,21,25). The van der Waals surface area contributed by atoms with Crippen molar-refractivity contribution in [2.75, 3.05) is 25.0 Å². The molecule has 0 bridgehead atoms. The van der Waals surface area contributed by atoms with Gasteiger partial charge in [-0.3, -0.25) is 4.79 Å². The zero-order valence-electron chi connectivity index (χ0n) is 14.3. The van der Waals surface area contributed by atoms with Crippen LogP contribution in [-0.4, -0.2) is 35.8 Å². The maximum Gasteiger partial charge on any atom is 0.239 e. The highest BCUT2D eigenvalue weighted by atomic mass is 16.2. The second-order valence-corrected chi connectivity index (χ2v) is 5.92. The van der Waals surface area contributed by atoms with Gasteiger partial charge < -0.3 is 10.2 Å². The van der Waals surface area contributed by atoms with E-state index in [1.165, 1.54) is 0 Å². The van der Waals surface area contributed by atoms with E-state index in [1.807, 2.05) is 89.7 Å². The third kappa shape index (κ3) is 4.70. The maximum absolute atomic E-state index is 12.1. The molecular formula is C20H22N4O. The van der Waals surface area contributed by atoms with E-state index < -0.39 is 0 Å². The summed E-state index contributed by atoms with van der Waals surface area (Å²) in [5.41, 5.74) is 3.16. The molecule has 2 aromatic carbocycles. The summed E-state index contributed by atoms with van der Waals surface area (Å²) in [6.45, 7) is 0.940. The SMILES string of the molecule is CN(CC(=O)NCCc1cnn(-c2ccccc2)c1)c1ccccc1. The third-order valence-corrected chi connectivity index (χ3v) is 3.97. The van der Waals surface area contributed by atoms with Crippen molar-refractivity contribution in [3.63, 3.8) is 0 Å². The quantitative estimate of drug-likeness (QED) is 0.723. The third-order valence-electron chi connectivity index (χ3n) is 3.97. The number of hydrogen-bond donors (Lipinski definition) is 1. The van der Waals surface area contributed by atoms with Crippen LogP contribution >= 0.6 is 0 Å². The van der Waals surface area contributed by atoms with Crippen LogP contribution in [-0.2, 0) is 11.2 Å². The molecule has 0 aliphatic carbocycles. The summed E-state index contributed by atoms with van der Waals surface area (Å²) >= 11 is 0. The summed E-state index contributed by atoms with van der Waals surface area (Å²) in [6, 6.07) is 19.9. The van der Waals surface area contributed by atoms with E-state index in [1.54, 1.807) is 0 Å². The fourth-order valence-corrected chi connectivity index (χ4v) is 2.60. The monoisotopic (exact) mass is 334 g/mol. The molecule has 0 saturated carbocycles. The van der Waals surface area contributed by atoms with E-state index in [4.69, 9.17) is 0 Å². The number of nitrogens with one attached hydrogen (secondary N) is 1. The van der Waals surface area contributed by atoms with Gasteiger partial charge in [-0.05, 0) is 36.2 Å². The highest BCUT2D eigenvalue weighted by molar-refractivity contribution is 5.81. The number of likely N-dealkylation sites (N-methyl/N-ethyl adjacent to an activating group) is 1. The van der Waals surface area contributed by atoms with Crippen molar-refractivity contribution in [2.24, 2.45) is 0 Å². The van der Waals surface area contributed by atoms with Gasteiger partial charge in [0, 0.05) is 25.5 Å². The summed E-state index contributed by atoms with van der Waals surface area (Å²) in [5, 5.41) is 7.33. The highest BCUT2D eigenvalue weighted by Crippen LogP contribution is 2.10. The molecule has 5 nitrogen and oxygen atoms in total. The predicted octanol–water partition coefficient (Wildman–Crippen LogP) is 2.67. The molecule has 3 aromatic rings. The van der Waals surface area contributed by atoms with Gasteiger partial charge in [-0.25, -0.2) is 4.68 Å². The lowest BCUT2D eigenvalue weighted by molar-refractivity contribution is -0.119. The van der Waals surface area contributed by atoms with E-state index in [-0.39, 0.29) is 5.91 Å². The largest absolute Gasteiger partial charge is 0.365 e. The Hall–Kier alpha value is -3.08. The number of benzene rings is 2. The second kappa shape index (κ2) is 8.15. The Morgan fingerprint density at radius 3 is 2.48 bits per heavy atom. The van der Waals surface area contributed by atoms with Crippen LogP contribution in [0.4, 0.5) is 5.69 Å². The van der Waals surface area contributed by atoms with Crippen molar-refractivity contribution in [3.05, 3.63) is 78.6 Å². The molecule has 0 radical (unpaired) electrons.